The predicted octanol–water partition coefficient (Wildman–Crippen LogP) is 3.16. The summed E-state index contributed by atoms with van der Waals surface area (Å²) in [5.74, 6) is 0.322. The van der Waals surface area contributed by atoms with Crippen LogP contribution in [0.3, 0.4) is 0 Å². The highest BCUT2D eigenvalue weighted by atomic mass is 32.2. The van der Waals surface area contributed by atoms with E-state index in [0.717, 1.165) is 22.7 Å². The van der Waals surface area contributed by atoms with Crippen LogP contribution in [0.15, 0.2) is 58.4 Å². The number of hydrogen-bond donors (Lipinski definition) is 0. The minimum absolute atomic E-state index is 0.163. The molecule has 3 rings (SSSR count). The molecule has 0 spiro atoms. The molecule has 0 fully saturated rings. The van der Waals surface area contributed by atoms with E-state index in [1.165, 1.54) is 12.6 Å². The first-order chi connectivity index (χ1) is 8.84. The maximum Gasteiger partial charge on any atom is 0.260 e. The number of carbonyl (C=O) groups is 1. The topological polar surface area (TPSA) is 56.0 Å². The van der Waals surface area contributed by atoms with Crippen LogP contribution in [0.25, 0.3) is 10.9 Å². The number of furan rings is 1. The fourth-order valence-electron chi connectivity index (χ4n) is 1.59. The van der Waals surface area contributed by atoms with Gasteiger partial charge in [-0.2, -0.15) is 0 Å². The fraction of sp³-hybridized carbons (Fsp3) is 0. The first-order valence-electron chi connectivity index (χ1n) is 5.30. The molecule has 0 amide bonds. The Kier molecular flexibility index (Phi) is 2.82. The SMILES string of the molecule is O=C(Sc1ncnc2ccccc12)c1ccco1. The number of rotatable bonds is 2. The van der Waals surface area contributed by atoms with Crippen LogP contribution in [0.2, 0.25) is 0 Å². The number of carbonyl (C=O) groups excluding carboxylic acids is 1. The van der Waals surface area contributed by atoms with E-state index in [1.807, 2.05) is 24.3 Å². The van der Waals surface area contributed by atoms with Crippen molar-refractivity contribution >= 4 is 27.8 Å². The summed E-state index contributed by atoms with van der Waals surface area (Å²) in [6.45, 7) is 0. The Hall–Kier alpha value is -2.14. The van der Waals surface area contributed by atoms with Crippen molar-refractivity contribution in [1.82, 2.24) is 9.97 Å². The number of nitrogens with zero attached hydrogens (tertiary/aromatic N) is 2. The molecule has 0 aliphatic rings. The number of hydrogen-bond acceptors (Lipinski definition) is 5. The van der Waals surface area contributed by atoms with Gasteiger partial charge in [-0.05, 0) is 30.0 Å². The molecule has 0 unspecified atom stereocenters. The summed E-state index contributed by atoms with van der Waals surface area (Å²) in [6, 6.07) is 10.9. The van der Waals surface area contributed by atoms with E-state index in [2.05, 4.69) is 9.97 Å². The summed E-state index contributed by atoms with van der Waals surface area (Å²) in [7, 11) is 0. The first-order valence-corrected chi connectivity index (χ1v) is 6.11. The number of fused-ring (bicyclic) bond motifs is 1. The van der Waals surface area contributed by atoms with Crippen molar-refractivity contribution in [3.05, 3.63) is 54.7 Å². The van der Waals surface area contributed by atoms with Crippen LogP contribution in [-0.4, -0.2) is 15.1 Å². The lowest BCUT2D eigenvalue weighted by Crippen LogP contribution is -1.93. The standard InChI is InChI=1S/C13H8N2O2S/c16-13(11-6-3-7-17-11)18-12-9-4-1-2-5-10(9)14-8-15-12/h1-8H. The van der Waals surface area contributed by atoms with Gasteiger partial charge in [-0.25, -0.2) is 9.97 Å². The lowest BCUT2D eigenvalue weighted by molar-refractivity contribution is 0.106. The van der Waals surface area contributed by atoms with E-state index < -0.39 is 0 Å². The summed E-state index contributed by atoms with van der Waals surface area (Å²) in [6.07, 6.45) is 2.94. The molecule has 1 aromatic carbocycles. The third-order valence-electron chi connectivity index (χ3n) is 2.42. The Bertz CT molecular complexity index is 690. The maximum atomic E-state index is 11.9. The lowest BCUT2D eigenvalue weighted by Gasteiger charge is -2.02. The molecular weight excluding hydrogens is 248 g/mol. The lowest BCUT2D eigenvalue weighted by atomic mass is 10.2. The normalized spacial score (nSPS) is 10.7. The van der Waals surface area contributed by atoms with Crippen molar-refractivity contribution in [3.8, 4) is 0 Å². The monoisotopic (exact) mass is 256 g/mol. The average Bonchev–Trinajstić information content (AvgIpc) is 2.93. The van der Waals surface area contributed by atoms with Crippen LogP contribution in [0.1, 0.15) is 10.6 Å². The van der Waals surface area contributed by atoms with E-state index >= 15 is 0 Å². The maximum absolute atomic E-state index is 11.9. The summed E-state index contributed by atoms with van der Waals surface area (Å²) in [4.78, 5) is 20.2. The minimum Gasteiger partial charge on any atom is -0.460 e. The second-order valence-electron chi connectivity index (χ2n) is 3.56. The van der Waals surface area contributed by atoms with Gasteiger partial charge in [-0.1, -0.05) is 18.2 Å². The van der Waals surface area contributed by atoms with Gasteiger partial charge in [0.05, 0.1) is 11.8 Å². The molecular formula is C13H8N2O2S. The van der Waals surface area contributed by atoms with Crippen LogP contribution < -0.4 is 0 Å². The molecule has 0 radical (unpaired) electrons. The highest BCUT2D eigenvalue weighted by Gasteiger charge is 2.13. The molecule has 4 nitrogen and oxygen atoms in total. The zero-order valence-electron chi connectivity index (χ0n) is 9.24. The van der Waals surface area contributed by atoms with Crippen LogP contribution in [0.4, 0.5) is 0 Å². The van der Waals surface area contributed by atoms with E-state index in [4.69, 9.17) is 4.42 Å². The Morgan fingerprint density at radius 3 is 2.83 bits per heavy atom. The van der Waals surface area contributed by atoms with Gasteiger partial charge in [0.2, 0.25) is 0 Å². The highest BCUT2D eigenvalue weighted by molar-refractivity contribution is 8.14. The van der Waals surface area contributed by atoms with Gasteiger partial charge in [0.25, 0.3) is 5.12 Å². The van der Waals surface area contributed by atoms with Gasteiger partial charge in [-0.3, -0.25) is 4.79 Å². The summed E-state index contributed by atoms with van der Waals surface area (Å²) >= 11 is 1.05. The largest absolute Gasteiger partial charge is 0.460 e. The van der Waals surface area contributed by atoms with Gasteiger partial charge in [0, 0.05) is 5.39 Å². The van der Waals surface area contributed by atoms with Gasteiger partial charge < -0.3 is 4.42 Å². The smallest absolute Gasteiger partial charge is 0.260 e. The molecule has 0 atom stereocenters. The number of benzene rings is 1. The molecule has 0 bridgehead atoms. The second kappa shape index (κ2) is 4.62. The van der Waals surface area contributed by atoms with Gasteiger partial charge in [-0.15, -0.1) is 0 Å². The van der Waals surface area contributed by atoms with Crippen molar-refractivity contribution < 1.29 is 9.21 Å². The van der Waals surface area contributed by atoms with Crippen molar-refractivity contribution in [2.45, 2.75) is 5.03 Å². The molecule has 0 saturated carbocycles. The van der Waals surface area contributed by atoms with E-state index in [9.17, 15) is 4.79 Å². The number of para-hydroxylation sites is 1. The molecule has 5 heteroatoms. The Balaban J connectivity index is 1.98. The van der Waals surface area contributed by atoms with Crippen molar-refractivity contribution in [2.24, 2.45) is 0 Å². The Morgan fingerprint density at radius 2 is 2.00 bits per heavy atom. The number of aromatic nitrogens is 2. The fourth-order valence-corrected chi connectivity index (χ4v) is 2.37. The summed E-state index contributed by atoms with van der Waals surface area (Å²) in [5.41, 5.74) is 0.822. The van der Waals surface area contributed by atoms with Crippen molar-refractivity contribution in [2.75, 3.05) is 0 Å². The summed E-state index contributed by atoms with van der Waals surface area (Å²) < 4.78 is 5.07. The first kappa shape index (κ1) is 11.0. The average molecular weight is 256 g/mol. The quantitative estimate of drug-likeness (QED) is 0.520. The predicted molar refractivity (Wildman–Crippen MR) is 68.4 cm³/mol. The molecule has 3 aromatic rings. The summed E-state index contributed by atoms with van der Waals surface area (Å²) in [5, 5.41) is 1.34. The van der Waals surface area contributed by atoms with E-state index in [-0.39, 0.29) is 5.12 Å². The van der Waals surface area contributed by atoms with Gasteiger partial charge in [0.1, 0.15) is 11.4 Å². The van der Waals surface area contributed by atoms with Crippen molar-refractivity contribution in [3.63, 3.8) is 0 Å². The molecule has 2 heterocycles. The molecule has 18 heavy (non-hydrogen) atoms. The third kappa shape index (κ3) is 2.00. The Morgan fingerprint density at radius 1 is 1.11 bits per heavy atom. The highest BCUT2D eigenvalue weighted by Crippen LogP contribution is 2.27. The second-order valence-corrected chi connectivity index (χ2v) is 4.52. The van der Waals surface area contributed by atoms with Crippen LogP contribution in [-0.2, 0) is 0 Å². The van der Waals surface area contributed by atoms with Gasteiger partial charge >= 0.3 is 0 Å². The van der Waals surface area contributed by atoms with Gasteiger partial charge in [0.15, 0.2) is 5.76 Å². The zero-order valence-corrected chi connectivity index (χ0v) is 10.1. The van der Waals surface area contributed by atoms with Crippen LogP contribution in [0.5, 0.6) is 0 Å². The van der Waals surface area contributed by atoms with E-state index in [0.29, 0.717) is 10.8 Å². The molecule has 0 aliphatic carbocycles. The minimum atomic E-state index is -0.163. The molecule has 2 aromatic heterocycles. The van der Waals surface area contributed by atoms with Crippen molar-refractivity contribution in [1.29, 1.82) is 0 Å². The molecule has 0 saturated heterocycles. The molecule has 0 N–H and O–H groups in total. The zero-order chi connectivity index (χ0) is 12.4. The van der Waals surface area contributed by atoms with Crippen LogP contribution in [0, 0.1) is 0 Å². The van der Waals surface area contributed by atoms with Crippen LogP contribution >= 0.6 is 11.8 Å². The third-order valence-corrected chi connectivity index (χ3v) is 3.32. The molecule has 0 aliphatic heterocycles. The number of thioether (sulfide) groups is 1. The Labute approximate surface area is 107 Å². The molecule has 88 valence electrons. The van der Waals surface area contributed by atoms with E-state index in [1.54, 1.807) is 12.1 Å².